The first-order valence-corrected chi connectivity index (χ1v) is 7.72. The first-order valence-electron chi connectivity index (χ1n) is 7.72. The summed E-state index contributed by atoms with van der Waals surface area (Å²) in [7, 11) is 0. The number of rotatable bonds is 3. The molecule has 0 atom stereocenters. The van der Waals surface area contributed by atoms with Gasteiger partial charge in [-0.15, -0.1) is 0 Å². The molecule has 1 fully saturated rings. The molecule has 0 aliphatic carbocycles. The standard InChI is InChI=1S/C16H19N5O/c1-12-18-14(15-4-2-3-7-21(12)15)10-20-8-5-13(6-9-20)16-17-11-22-19-16/h2-4,7,11,13H,5-6,8-10H2,1H3. The fourth-order valence-electron chi connectivity index (χ4n) is 3.30. The summed E-state index contributed by atoms with van der Waals surface area (Å²) < 4.78 is 7.01. The van der Waals surface area contributed by atoms with Gasteiger partial charge in [-0.2, -0.15) is 4.98 Å². The molecule has 0 unspecified atom stereocenters. The Morgan fingerprint density at radius 2 is 2.14 bits per heavy atom. The molecular weight excluding hydrogens is 278 g/mol. The number of aromatic nitrogens is 4. The predicted molar refractivity (Wildman–Crippen MR) is 81.5 cm³/mol. The zero-order chi connectivity index (χ0) is 14.9. The van der Waals surface area contributed by atoms with Crippen LogP contribution >= 0.6 is 0 Å². The summed E-state index contributed by atoms with van der Waals surface area (Å²) in [6.07, 6.45) is 5.64. The van der Waals surface area contributed by atoms with Crippen LogP contribution < -0.4 is 0 Å². The smallest absolute Gasteiger partial charge is 0.213 e. The van der Waals surface area contributed by atoms with Crippen molar-refractivity contribution in [3.8, 4) is 0 Å². The van der Waals surface area contributed by atoms with Gasteiger partial charge in [-0.1, -0.05) is 11.2 Å². The topological polar surface area (TPSA) is 59.5 Å². The molecule has 1 aliphatic heterocycles. The Morgan fingerprint density at radius 1 is 1.27 bits per heavy atom. The van der Waals surface area contributed by atoms with Gasteiger partial charge in [0.25, 0.3) is 0 Å². The van der Waals surface area contributed by atoms with Crippen molar-refractivity contribution < 1.29 is 4.52 Å². The SMILES string of the molecule is Cc1nc(CN2CCC(c3ncon3)CC2)c2ccccn12. The molecular formula is C16H19N5O. The predicted octanol–water partition coefficient (Wildman–Crippen LogP) is 2.41. The fourth-order valence-corrected chi connectivity index (χ4v) is 3.30. The van der Waals surface area contributed by atoms with Crippen LogP contribution in [0, 0.1) is 6.92 Å². The minimum Gasteiger partial charge on any atom is -0.343 e. The Labute approximate surface area is 128 Å². The number of likely N-dealkylation sites (tertiary alicyclic amines) is 1. The molecule has 22 heavy (non-hydrogen) atoms. The lowest BCUT2D eigenvalue weighted by atomic mass is 9.96. The minimum atomic E-state index is 0.426. The van der Waals surface area contributed by atoms with E-state index in [9.17, 15) is 0 Å². The van der Waals surface area contributed by atoms with Gasteiger partial charge in [-0.05, 0) is 45.0 Å². The Balaban J connectivity index is 1.46. The van der Waals surface area contributed by atoms with Crippen LogP contribution in [-0.4, -0.2) is 37.5 Å². The molecule has 0 radical (unpaired) electrons. The highest BCUT2D eigenvalue weighted by molar-refractivity contribution is 5.53. The Kier molecular flexibility index (Phi) is 3.38. The molecule has 6 nitrogen and oxygen atoms in total. The van der Waals surface area contributed by atoms with Crippen LogP contribution in [0.2, 0.25) is 0 Å². The van der Waals surface area contributed by atoms with Gasteiger partial charge in [0, 0.05) is 18.7 Å². The Hall–Kier alpha value is -2.21. The van der Waals surface area contributed by atoms with E-state index in [1.165, 1.54) is 11.9 Å². The molecule has 4 heterocycles. The van der Waals surface area contributed by atoms with Crippen LogP contribution in [-0.2, 0) is 6.54 Å². The van der Waals surface area contributed by atoms with Gasteiger partial charge >= 0.3 is 0 Å². The number of aryl methyl sites for hydroxylation is 1. The molecule has 114 valence electrons. The number of hydrogen-bond acceptors (Lipinski definition) is 5. The Morgan fingerprint density at radius 3 is 2.91 bits per heavy atom. The van der Waals surface area contributed by atoms with Gasteiger partial charge in [-0.3, -0.25) is 4.90 Å². The molecule has 0 amide bonds. The average molecular weight is 297 g/mol. The third kappa shape index (κ3) is 2.39. The highest BCUT2D eigenvalue weighted by atomic mass is 16.5. The molecule has 0 N–H and O–H groups in total. The highest BCUT2D eigenvalue weighted by Gasteiger charge is 2.24. The maximum atomic E-state index is 4.85. The van der Waals surface area contributed by atoms with E-state index in [1.54, 1.807) is 0 Å². The van der Waals surface area contributed by atoms with Crippen molar-refractivity contribution >= 4 is 5.52 Å². The van der Waals surface area contributed by atoms with E-state index in [1.807, 2.05) is 6.07 Å². The largest absolute Gasteiger partial charge is 0.343 e. The molecule has 4 rings (SSSR count). The molecule has 0 saturated carbocycles. The van der Waals surface area contributed by atoms with E-state index in [-0.39, 0.29) is 0 Å². The van der Waals surface area contributed by atoms with Crippen LogP contribution in [0.5, 0.6) is 0 Å². The number of hydrogen-bond donors (Lipinski definition) is 0. The van der Waals surface area contributed by atoms with Gasteiger partial charge in [0.2, 0.25) is 6.39 Å². The molecule has 1 saturated heterocycles. The van der Waals surface area contributed by atoms with Gasteiger partial charge < -0.3 is 8.92 Å². The summed E-state index contributed by atoms with van der Waals surface area (Å²) in [5.41, 5.74) is 2.37. The van der Waals surface area contributed by atoms with Crippen LogP contribution in [0.1, 0.15) is 36.1 Å². The van der Waals surface area contributed by atoms with Gasteiger partial charge in [0.05, 0.1) is 11.2 Å². The second-order valence-electron chi connectivity index (χ2n) is 5.90. The lowest BCUT2D eigenvalue weighted by molar-refractivity contribution is 0.199. The van der Waals surface area contributed by atoms with E-state index >= 15 is 0 Å². The zero-order valence-corrected chi connectivity index (χ0v) is 12.6. The summed E-state index contributed by atoms with van der Waals surface area (Å²) in [4.78, 5) is 11.4. The first kappa shape index (κ1) is 13.5. The number of pyridine rings is 1. The van der Waals surface area contributed by atoms with Crippen molar-refractivity contribution in [3.63, 3.8) is 0 Å². The second kappa shape index (κ2) is 5.53. The number of fused-ring (bicyclic) bond motifs is 1. The van der Waals surface area contributed by atoms with Gasteiger partial charge in [0.15, 0.2) is 5.82 Å². The van der Waals surface area contributed by atoms with Crippen LogP contribution in [0.25, 0.3) is 5.52 Å². The van der Waals surface area contributed by atoms with Crippen molar-refractivity contribution in [1.82, 2.24) is 24.4 Å². The van der Waals surface area contributed by atoms with Gasteiger partial charge in [-0.25, -0.2) is 4.98 Å². The third-order valence-corrected chi connectivity index (χ3v) is 4.51. The van der Waals surface area contributed by atoms with Crippen molar-refractivity contribution in [1.29, 1.82) is 0 Å². The Bertz CT molecular complexity index is 756. The van der Waals surface area contributed by atoms with Crippen molar-refractivity contribution in [2.24, 2.45) is 0 Å². The van der Waals surface area contributed by atoms with Crippen LogP contribution in [0.15, 0.2) is 35.3 Å². The van der Waals surface area contributed by atoms with E-state index in [4.69, 9.17) is 9.51 Å². The lowest BCUT2D eigenvalue weighted by Gasteiger charge is -2.29. The molecule has 0 bridgehead atoms. The van der Waals surface area contributed by atoms with Gasteiger partial charge in [0.1, 0.15) is 5.82 Å². The molecule has 1 aliphatic rings. The average Bonchev–Trinajstić information content (AvgIpc) is 3.18. The molecule has 3 aromatic heterocycles. The third-order valence-electron chi connectivity index (χ3n) is 4.51. The summed E-state index contributed by atoms with van der Waals surface area (Å²) in [5, 5.41) is 3.97. The quantitative estimate of drug-likeness (QED) is 0.743. The summed E-state index contributed by atoms with van der Waals surface area (Å²) in [5.74, 6) is 2.32. The van der Waals surface area contributed by atoms with E-state index in [0.29, 0.717) is 5.92 Å². The van der Waals surface area contributed by atoms with Crippen LogP contribution in [0.3, 0.4) is 0 Å². The molecule has 6 heteroatoms. The monoisotopic (exact) mass is 297 g/mol. The van der Waals surface area contributed by atoms with Crippen molar-refractivity contribution in [2.75, 3.05) is 13.1 Å². The normalized spacial score (nSPS) is 17.3. The second-order valence-corrected chi connectivity index (χ2v) is 5.90. The molecule has 0 aromatic carbocycles. The van der Waals surface area contributed by atoms with Crippen LogP contribution in [0.4, 0.5) is 0 Å². The number of piperidine rings is 1. The van der Waals surface area contributed by atoms with E-state index in [0.717, 1.165) is 49.8 Å². The summed E-state index contributed by atoms with van der Waals surface area (Å²) in [6.45, 7) is 5.05. The fraction of sp³-hybridized carbons (Fsp3) is 0.438. The maximum Gasteiger partial charge on any atom is 0.213 e. The maximum absolute atomic E-state index is 4.85. The highest BCUT2D eigenvalue weighted by Crippen LogP contribution is 2.26. The lowest BCUT2D eigenvalue weighted by Crippen LogP contribution is -2.32. The van der Waals surface area contributed by atoms with Crippen molar-refractivity contribution in [3.05, 3.63) is 48.1 Å². The van der Waals surface area contributed by atoms with E-state index in [2.05, 4.69) is 44.7 Å². The molecule has 3 aromatic rings. The summed E-state index contributed by atoms with van der Waals surface area (Å²) in [6, 6.07) is 6.26. The van der Waals surface area contributed by atoms with E-state index < -0.39 is 0 Å². The van der Waals surface area contributed by atoms with Crippen molar-refractivity contribution in [2.45, 2.75) is 32.2 Å². The summed E-state index contributed by atoms with van der Waals surface area (Å²) >= 11 is 0. The number of imidazole rings is 1. The minimum absolute atomic E-state index is 0.426. The molecule has 0 spiro atoms. The number of nitrogens with zero attached hydrogens (tertiary/aromatic N) is 5. The first-order chi connectivity index (χ1) is 10.8. The zero-order valence-electron chi connectivity index (χ0n) is 12.6.